The van der Waals surface area contributed by atoms with E-state index in [1.165, 1.54) is 5.57 Å². The van der Waals surface area contributed by atoms with Crippen molar-refractivity contribution in [2.45, 2.75) is 46.1 Å². The van der Waals surface area contributed by atoms with Crippen molar-refractivity contribution in [3.63, 3.8) is 0 Å². The van der Waals surface area contributed by atoms with Crippen molar-refractivity contribution in [3.8, 4) is 5.75 Å². The molecule has 6 heteroatoms. The van der Waals surface area contributed by atoms with Crippen molar-refractivity contribution in [3.05, 3.63) is 65.3 Å². The summed E-state index contributed by atoms with van der Waals surface area (Å²) in [7, 11) is 0. The molecule has 0 spiro atoms. The van der Waals surface area contributed by atoms with Gasteiger partial charge in [-0.3, -0.25) is 9.79 Å². The van der Waals surface area contributed by atoms with Crippen LogP contribution < -0.4 is 0 Å². The van der Waals surface area contributed by atoms with Crippen LogP contribution in [0.25, 0.3) is 0 Å². The quantitative estimate of drug-likeness (QED) is 0.748. The van der Waals surface area contributed by atoms with E-state index in [4.69, 9.17) is 9.98 Å². The van der Waals surface area contributed by atoms with Crippen LogP contribution in [-0.2, 0) is 4.79 Å². The Morgan fingerprint density at radius 2 is 1.91 bits per heavy atom. The molecule has 1 aromatic rings. The molecule has 1 aromatic carbocycles. The highest BCUT2D eigenvalue weighted by Gasteiger charge is 2.30. The van der Waals surface area contributed by atoms with Gasteiger partial charge in [-0.05, 0) is 37.8 Å². The van der Waals surface area contributed by atoms with Crippen LogP contribution in [0.2, 0.25) is 0 Å². The molecule has 1 unspecified atom stereocenters. The third-order valence-electron chi connectivity index (χ3n) is 6.38. The molecular weight excluding hydrogens is 412 g/mol. The number of piperazine rings is 1. The average Bonchev–Trinajstić information content (AvgIpc) is 2.80. The molecule has 1 amide bonds. The fourth-order valence-corrected chi connectivity index (χ4v) is 4.35. The monoisotopic (exact) mass is 446 g/mol. The van der Waals surface area contributed by atoms with Crippen molar-refractivity contribution >= 4 is 17.6 Å². The van der Waals surface area contributed by atoms with Gasteiger partial charge in [0.1, 0.15) is 11.6 Å². The number of aromatic hydroxyl groups is 1. The molecule has 0 radical (unpaired) electrons. The molecule has 6 nitrogen and oxygen atoms in total. The first kappa shape index (κ1) is 23.0. The number of phenolic OH excluding ortho intramolecular Hbond substituents is 1. The Hall–Kier alpha value is -3.15. The lowest BCUT2D eigenvalue weighted by atomic mass is 9.97. The summed E-state index contributed by atoms with van der Waals surface area (Å²) in [5, 5.41) is 10.4. The van der Waals surface area contributed by atoms with Gasteiger partial charge in [-0.25, -0.2) is 4.99 Å². The van der Waals surface area contributed by atoms with Crippen LogP contribution in [0.4, 0.5) is 0 Å². The highest BCUT2D eigenvalue weighted by molar-refractivity contribution is 6.15. The van der Waals surface area contributed by atoms with Gasteiger partial charge in [0.05, 0.1) is 11.6 Å². The van der Waals surface area contributed by atoms with Gasteiger partial charge >= 0.3 is 0 Å². The Balaban J connectivity index is 1.60. The first-order chi connectivity index (χ1) is 15.9. The summed E-state index contributed by atoms with van der Waals surface area (Å²) < 4.78 is 0. The predicted octanol–water partition coefficient (Wildman–Crippen LogP) is 4.33. The number of nitrogens with zero attached hydrogens (tertiary/aromatic N) is 4. The molecule has 1 N–H and O–H groups in total. The van der Waals surface area contributed by atoms with E-state index in [0.29, 0.717) is 36.8 Å². The summed E-state index contributed by atoms with van der Waals surface area (Å²) >= 11 is 0. The van der Waals surface area contributed by atoms with Crippen molar-refractivity contribution in [1.82, 2.24) is 9.80 Å². The van der Waals surface area contributed by atoms with E-state index < -0.39 is 0 Å². The molecule has 4 rings (SSSR count). The van der Waals surface area contributed by atoms with Crippen molar-refractivity contribution < 1.29 is 9.90 Å². The summed E-state index contributed by atoms with van der Waals surface area (Å²) in [6, 6.07) is 7.06. The van der Waals surface area contributed by atoms with E-state index in [2.05, 4.69) is 50.0 Å². The number of allylic oxidation sites excluding steroid dienone is 4. The van der Waals surface area contributed by atoms with E-state index in [1.807, 2.05) is 17.0 Å². The number of fused-ring (bicyclic) bond motifs is 1. The molecule has 1 atom stereocenters. The topological polar surface area (TPSA) is 68.5 Å². The largest absolute Gasteiger partial charge is 0.507 e. The smallest absolute Gasteiger partial charge is 0.222 e. The summed E-state index contributed by atoms with van der Waals surface area (Å²) in [5.74, 6) is 2.41. The van der Waals surface area contributed by atoms with E-state index >= 15 is 0 Å². The van der Waals surface area contributed by atoms with Crippen LogP contribution in [0, 0.1) is 5.92 Å². The number of hydrogen-bond acceptors (Lipinski definition) is 5. The molecule has 174 valence electrons. The van der Waals surface area contributed by atoms with E-state index in [-0.39, 0.29) is 17.7 Å². The number of benzene rings is 1. The van der Waals surface area contributed by atoms with Crippen LogP contribution in [0.1, 0.15) is 45.6 Å². The number of para-hydroxylation sites is 1. The van der Waals surface area contributed by atoms with Crippen LogP contribution in [0.3, 0.4) is 0 Å². The number of amidine groups is 2. The maximum Gasteiger partial charge on any atom is 0.222 e. The predicted molar refractivity (Wildman–Crippen MR) is 134 cm³/mol. The zero-order chi connectivity index (χ0) is 23.4. The Kier molecular flexibility index (Phi) is 7.11. The minimum atomic E-state index is -0.151. The maximum atomic E-state index is 12.6. The fourth-order valence-electron chi connectivity index (χ4n) is 4.35. The summed E-state index contributed by atoms with van der Waals surface area (Å²) in [6.45, 7) is 9.28. The molecule has 2 aliphatic heterocycles. The molecule has 0 bridgehead atoms. The number of amides is 1. The lowest BCUT2D eigenvalue weighted by Crippen LogP contribution is -2.52. The highest BCUT2D eigenvalue weighted by Crippen LogP contribution is 2.27. The van der Waals surface area contributed by atoms with Crippen LogP contribution in [0.5, 0.6) is 5.75 Å². The number of carbonyl (C=O) groups is 1. The second-order valence-corrected chi connectivity index (χ2v) is 9.35. The number of carbonyl (C=O) groups excluding carboxylic acids is 1. The zero-order valence-corrected chi connectivity index (χ0v) is 19.9. The molecule has 1 saturated heterocycles. The van der Waals surface area contributed by atoms with Gasteiger partial charge in [0.2, 0.25) is 5.91 Å². The third kappa shape index (κ3) is 5.44. The third-order valence-corrected chi connectivity index (χ3v) is 6.38. The van der Waals surface area contributed by atoms with Crippen LogP contribution in [0.15, 0.2) is 69.7 Å². The summed E-state index contributed by atoms with van der Waals surface area (Å²) in [4.78, 5) is 26.7. The van der Waals surface area contributed by atoms with E-state index in [0.717, 1.165) is 37.3 Å². The Labute approximate surface area is 196 Å². The zero-order valence-electron chi connectivity index (χ0n) is 19.9. The molecule has 0 aromatic heterocycles. The van der Waals surface area contributed by atoms with Gasteiger partial charge in [-0.2, -0.15) is 0 Å². The normalized spacial score (nSPS) is 24.1. The number of phenols is 1. The van der Waals surface area contributed by atoms with Gasteiger partial charge in [-0.15, -0.1) is 0 Å². The van der Waals surface area contributed by atoms with Gasteiger partial charge in [0, 0.05) is 38.2 Å². The van der Waals surface area contributed by atoms with E-state index in [9.17, 15) is 9.90 Å². The van der Waals surface area contributed by atoms with Crippen molar-refractivity contribution in [2.75, 3.05) is 26.2 Å². The number of aliphatic imine (C=N–C) groups is 2. The number of rotatable bonds is 4. The number of hydrogen-bond donors (Lipinski definition) is 1. The molecule has 1 fully saturated rings. The SMILES string of the molecule is C/C1=C/C/C=C2/C(N3CCN(C(=O)CCC(C)C)CC3)=NC(c3ccccc3O)=NC2C=C1. The summed E-state index contributed by atoms with van der Waals surface area (Å²) in [6.07, 6.45) is 11.0. The molecule has 1 aliphatic carbocycles. The minimum Gasteiger partial charge on any atom is -0.507 e. The van der Waals surface area contributed by atoms with Crippen molar-refractivity contribution in [1.29, 1.82) is 0 Å². The second-order valence-electron chi connectivity index (χ2n) is 9.35. The molecule has 2 heterocycles. The Morgan fingerprint density at radius 1 is 1.15 bits per heavy atom. The van der Waals surface area contributed by atoms with E-state index in [1.54, 1.807) is 12.1 Å². The lowest BCUT2D eigenvalue weighted by molar-refractivity contribution is -0.132. The molecule has 3 aliphatic rings. The van der Waals surface area contributed by atoms with Gasteiger partial charge in [0.25, 0.3) is 0 Å². The second kappa shape index (κ2) is 10.2. The Bertz CT molecular complexity index is 1040. The van der Waals surface area contributed by atoms with Crippen LogP contribution in [-0.4, -0.2) is 64.7 Å². The average molecular weight is 447 g/mol. The van der Waals surface area contributed by atoms with Gasteiger partial charge in [-0.1, -0.05) is 55.9 Å². The molecular formula is C27H34N4O2. The van der Waals surface area contributed by atoms with Gasteiger partial charge in [0.15, 0.2) is 5.84 Å². The lowest BCUT2D eigenvalue weighted by Gasteiger charge is -2.39. The Morgan fingerprint density at radius 3 is 2.64 bits per heavy atom. The fraction of sp³-hybridized carbons (Fsp3) is 0.444. The van der Waals surface area contributed by atoms with Crippen molar-refractivity contribution in [2.24, 2.45) is 15.9 Å². The van der Waals surface area contributed by atoms with Crippen LogP contribution >= 0.6 is 0 Å². The summed E-state index contributed by atoms with van der Waals surface area (Å²) in [5.41, 5.74) is 2.94. The standard InChI is InChI=1S/C27H34N4O2/c1-19(2)11-14-25(33)30-15-17-31(18-16-30)27-21-9-6-7-20(3)12-13-23(21)28-26(29-27)22-8-4-5-10-24(22)32/h4-5,7-10,12-13,19,23,32H,6,11,14-18H2,1-3H3/b13-12?,20-7-,21-9+. The highest BCUT2D eigenvalue weighted by atomic mass is 16.3. The van der Waals surface area contributed by atoms with Gasteiger partial charge < -0.3 is 14.9 Å². The molecule has 0 saturated carbocycles. The first-order valence-electron chi connectivity index (χ1n) is 12.0. The molecule has 33 heavy (non-hydrogen) atoms. The minimum absolute atomic E-state index is 0.151. The first-order valence-corrected chi connectivity index (χ1v) is 12.0. The maximum absolute atomic E-state index is 12.6.